The number of rotatable bonds is 7. The highest BCUT2D eigenvalue weighted by Crippen LogP contribution is 2.27. The van der Waals surface area contributed by atoms with Gasteiger partial charge in [-0.15, -0.1) is 0 Å². The summed E-state index contributed by atoms with van der Waals surface area (Å²) >= 11 is 0. The molecule has 0 atom stereocenters. The van der Waals surface area contributed by atoms with Crippen molar-refractivity contribution >= 4 is 11.8 Å². The van der Waals surface area contributed by atoms with Gasteiger partial charge in [0.15, 0.2) is 5.69 Å². The van der Waals surface area contributed by atoms with Gasteiger partial charge < -0.3 is 10.6 Å². The Morgan fingerprint density at radius 3 is 2.32 bits per heavy atom. The van der Waals surface area contributed by atoms with E-state index in [9.17, 15) is 27.2 Å². The minimum absolute atomic E-state index is 0.0245. The molecule has 0 radical (unpaired) electrons. The average Bonchev–Trinajstić information content (AvgIpc) is 3.22. The number of carbonyl (C=O) groups excluding carboxylic acids is 2. The molecule has 2 amide bonds. The Bertz CT molecular complexity index is 1060. The first-order valence-electron chi connectivity index (χ1n) is 9.25. The lowest BCUT2D eigenvalue weighted by Gasteiger charge is -2.08. The van der Waals surface area contributed by atoms with Gasteiger partial charge in [-0.3, -0.25) is 9.59 Å². The molecule has 6 nitrogen and oxygen atoms in total. The number of halogens is 4. The lowest BCUT2D eigenvalue weighted by atomic mass is 10.1. The van der Waals surface area contributed by atoms with Gasteiger partial charge in [-0.25, -0.2) is 9.07 Å². The molecule has 0 fully saturated rings. The first kappa shape index (κ1) is 22.0. The van der Waals surface area contributed by atoms with Crippen LogP contribution in [-0.2, 0) is 17.4 Å². The second-order valence-corrected chi connectivity index (χ2v) is 6.60. The molecule has 3 aromatic rings. The Hall–Kier alpha value is -3.69. The summed E-state index contributed by atoms with van der Waals surface area (Å²) in [4.78, 5) is 24.0. The second-order valence-electron chi connectivity index (χ2n) is 6.60. The molecule has 2 N–H and O–H groups in total. The molecule has 1 aromatic heterocycles. The molecule has 0 aliphatic heterocycles. The quantitative estimate of drug-likeness (QED) is 0.443. The van der Waals surface area contributed by atoms with Crippen molar-refractivity contribution in [3.8, 4) is 5.69 Å². The van der Waals surface area contributed by atoms with E-state index in [1.165, 1.54) is 48.7 Å². The summed E-state index contributed by atoms with van der Waals surface area (Å²) in [5.41, 5.74) is 0.213. The number of benzene rings is 2. The molecule has 2 aromatic carbocycles. The molecule has 31 heavy (non-hydrogen) atoms. The molecule has 0 aliphatic carbocycles. The third kappa shape index (κ3) is 6.14. The molecule has 0 spiro atoms. The van der Waals surface area contributed by atoms with Gasteiger partial charge in [-0.1, -0.05) is 12.1 Å². The van der Waals surface area contributed by atoms with Crippen molar-refractivity contribution in [3.05, 3.63) is 83.4 Å². The van der Waals surface area contributed by atoms with Crippen LogP contribution in [0.4, 0.5) is 17.6 Å². The zero-order chi connectivity index (χ0) is 22.4. The molecule has 0 saturated heterocycles. The molecule has 0 aliphatic rings. The van der Waals surface area contributed by atoms with E-state index in [0.717, 1.165) is 10.7 Å². The van der Waals surface area contributed by atoms with Gasteiger partial charge in [-0.2, -0.15) is 18.3 Å². The van der Waals surface area contributed by atoms with Crippen LogP contribution in [0, 0.1) is 5.82 Å². The molecule has 0 unspecified atom stereocenters. The summed E-state index contributed by atoms with van der Waals surface area (Å²) < 4.78 is 52.1. The van der Waals surface area contributed by atoms with E-state index in [2.05, 4.69) is 15.7 Å². The van der Waals surface area contributed by atoms with Crippen molar-refractivity contribution < 1.29 is 27.2 Å². The van der Waals surface area contributed by atoms with Crippen LogP contribution < -0.4 is 10.6 Å². The first-order valence-corrected chi connectivity index (χ1v) is 9.25. The smallest absolute Gasteiger partial charge is 0.354 e. The number of nitrogens with one attached hydrogen (secondary N) is 2. The van der Waals surface area contributed by atoms with Gasteiger partial charge in [0.2, 0.25) is 5.91 Å². The number of hydrogen-bond donors (Lipinski definition) is 2. The normalized spacial score (nSPS) is 11.2. The van der Waals surface area contributed by atoms with E-state index >= 15 is 0 Å². The molecule has 0 saturated carbocycles. The zero-order valence-electron chi connectivity index (χ0n) is 16.1. The predicted octanol–water partition coefficient (Wildman–Crippen LogP) is 3.12. The highest BCUT2D eigenvalue weighted by atomic mass is 19.4. The predicted molar refractivity (Wildman–Crippen MR) is 104 cm³/mol. The highest BCUT2D eigenvalue weighted by Gasteiger charge is 2.33. The zero-order valence-corrected chi connectivity index (χ0v) is 16.1. The van der Waals surface area contributed by atoms with Crippen LogP contribution in [0.2, 0.25) is 0 Å². The van der Waals surface area contributed by atoms with Crippen LogP contribution in [0.15, 0.2) is 60.8 Å². The fourth-order valence-corrected chi connectivity index (χ4v) is 2.76. The maximum absolute atomic E-state index is 13.1. The van der Waals surface area contributed by atoms with Crippen molar-refractivity contribution in [1.82, 2.24) is 20.4 Å². The largest absolute Gasteiger partial charge is 0.435 e. The van der Waals surface area contributed by atoms with Crippen LogP contribution >= 0.6 is 0 Å². The minimum atomic E-state index is -4.53. The van der Waals surface area contributed by atoms with Crippen LogP contribution in [0.3, 0.4) is 0 Å². The Labute approximate surface area is 174 Å². The van der Waals surface area contributed by atoms with Crippen molar-refractivity contribution in [2.45, 2.75) is 12.6 Å². The average molecular weight is 434 g/mol. The van der Waals surface area contributed by atoms with Crippen molar-refractivity contribution in [3.63, 3.8) is 0 Å². The lowest BCUT2D eigenvalue weighted by molar-refractivity contribution is -0.141. The SMILES string of the molecule is O=C(Cc1cccc(F)c1)NCCNC(=O)c1ccc(-n2ccc(C(F)(F)F)n2)cc1. The third-order valence-electron chi connectivity index (χ3n) is 4.26. The van der Waals surface area contributed by atoms with Crippen LogP contribution in [0.5, 0.6) is 0 Å². The molecule has 0 bridgehead atoms. The summed E-state index contributed by atoms with van der Waals surface area (Å²) in [7, 11) is 0. The fraction of sp³-hybridized carbons (Fsp3) is 0.190. The van der Waals surface area contributed by atoms with Crippen LogP contribution in [-0.4, -0.2) is 34.7 Å². The van der Waals surface area contributed by atoms with Gasteiger partial charge in [0.05, 0.1) is 12.1 Å². The Morgan fingerprint density at radius 1 is 0.968 bits per heavy atom. The van der Waals surface area contributed by atoms with Gasteiger partial charge >= 0.3 is 6.18 Å². The molecule has 3 rings (SSSR count). The summed E-state index contributed by atoms with van der Waals surface area (Å²) in [5.74, 6) is -1.12. The Morgan fingerprint density at radius 2 is 1.68 bits per heavy atom. The number of alkyl halides is 3. The van der Waals surface area contributed by atoms with Gasteiger partial charge in [0, 0.05) is 24.8 Å². The van der Waals surface area contributed by atoms with Crippen molar-refractivity contribution in [2.24, 2.45) is 0 Å². The number of amides is 2. The molecule has 162 valence electrons. The maximum atomic E-state index is 13.1. The number of aromatic nitrogens is 2. The monoisotopic (exact) mass is 434 g/mol. The fourth-order valence-electron chi connectivity index (χ4n) is 2.76. The van der Waals surface area contributed by atoms with E-state index in [4.69, 9.17) is 0 Å². The topological polar surface area (TPSA) is 76.0 Å². The van der Waals surface area contributed by atoms with E-state index < -0.39 is 23.6 Å². The van der Waals surface area contributed by atoms with Crippen LogP contribution in [0.1, 0.15) is 21.6 Å². The van der Waals surface area contributed by atoms with E-state index in [1.807, 2.05) is 0 Å². The summed E-state index contributed by atoms with van der Waals surface area (Å²) in [6.07, 6.45) is -3.32. The van der Waals surface area contributed by atoms with Crippen molar-refractivity contribution in [2.75, 3.05) is 13.1 Å². The molecular formula is C21H18F4N4O2. The first-order chi connectivity index (χ1) is 14.7. The summed E-state index contributed by atoms with van der Waals surface area (Å²) in [5, 5.41) is 8.72. The maximum Gasteiger partial charge on any atom is 0.435 e. The Kier molecular flexibility index (Phi) is 6.68. The van der Waals surface area contributed by atoms with E-state index in [0.29, 0.717) is 16.8 Å². The molecular weight excluding hydrogens is 416 g/mol. The van der Waals surface area contributed by atoms with Gasteiger partial charge in [0.1, 0.15) is 5.82 Å². The van der Waals surface area contributed by atoms with E-state index in [-0.39, 0.29) is 25.4 Å². The second kappa shape index (κ2) is 9.41. The van der Waals surface area contributed by atoms with Gasteiger partial charge in [-0.05, 0) is 48.0 Å². The standard InChI is InChI=1S/C21H18F4N4O2/c22-16-3-1-2-14(12-16)13-19(30)26-9-10-27-20(31)15-4-6-17(7-5-15)29-11-8-18(28-29)21(23,24)25/h1-8,11-12H,9-10,13H2,(H,26,30)(H,27,31). The summed E-state index contributed by atoms with van der Waals surface area (Å²) in [6, 6.07) is 12.5. The highest BCUT2D eigenvalue weighted by molar-refractivity contribution is 5.94. The van der Waals surface area contributed by atoms with Gasteiger partial charge in [0.25, 0.3) is 5.91 Å². The number of hydrogen-bond acceptors (Lipinski definition) is 3. The van der Waals surface area contributed by atoms with Crippen molar-refractivity contribution in [1.29, 1.82) is 0 Å². The minimum Gasteiger partial charge on any atom is -0.354 e. The third-order valence-corrected chi connectivity index (χ3v) is 4.26. The van der Waals surface area contributed by atoms with E-state index in [1.54, 1.807) is 6.07 Å². The number of nitrogens with zero attached hydrogens (tertiary/aromatic N) is 2. The summed E-state index contributed by atoms with van der Waals surface area (Å²) in [6.45, 7) is 0.356. The van der Waals surface area contributed by atoms with Crippen LogP contribution in [0.25, 0.3) is 5.69 Å². The molecule has 1 heterocycles. The Balaban J connectivity index is 1.45. The lowest BCUT2D eigenvalue weighted by Crippen LogP contribution is -2.35. The number of carbonyl (C=O) groups is 2. The molecule has 10 heteroatoms.